The topological polar surface area (TPSA) is 75.7 Å². The van der Waals surface area contributed by atoms with E-state index in [1.807, 2.05) is 29.0 Å². The van der Waals surface area contributed by atoms with Crippen LogP contribution < -0.4 is 9.46 Å². The number of carbonyl (C=O) groups is 1. The summed E-state index contributed by atoms with van der Waals surface area (Å²) in [6.07, 6.45) is 4.69. The van der Waals surface area contributed by atoms with Crippen LogP contribution in [0.3, 0.4) is 0 Å². The molecule has 4 rings (SSSR count). The molecule has 2 aliphatic rings. The van der Waals surface area contributed by atoms with E-state index in [1.54, 1.807) is 0 Å². The molecule has 1 aliphatic carbocycles. The largest absolute Gasteiger partial charge is 0.493 e. The van der Waals surface area contributed by atoms with Gasteiger partial charge in [0.15, 0.2) is 0 Å². The second kappa shape index (κ2) is 9.99. The number of ether oxygens (including phenoxy) is 1. The van der Waals surface area contributed by atoms with Crippen molar-refractivity contribution in [3.05, 3.63) is 63.9 Å². The lowest BCUT2D eigenvalue weighted by Gasteiger charge is -2.32. The van der Waals surface area contributed by atoms with E-state index in [2.05, 4.69) is 4.90 Å². The minimum atomic E-state index is -3.78. The van der Waals surface area contributed by atoms with Crippen LogP contribution in [0.4, 0.5) is 4.39 Å². The van der Waals surface area contributed by atoms with Gasteiger partial charge in [0.05, 0.1) is 18.4 Å². The Bertz CT molecular complexity index is 1130. The van der Waals surface area contributed by atoms with Crippen molar-refractivity contribution in [2.45, 2.75) is 38.1 Å². The van der Waals surface area contributed by atoms with E-state index in [9.17, 15) is 17.6 Å². The average molecular weight is 495 g/mol. The quantitative estimate of drug-likeness (QED) is 0.591. The van der Waals surface area contributed by atoms with E-state index < -0.39 is 21.7 Å². The number of sulfonamides is 1. The van der Waals surface area contributed by atoms with Crippen molar-refractivity contribution >= 4 is 27.5 Å². The van der Waals surface area contributed by atoms with Gasteiger partial charge in [-0.1, -0.05) is 29.8 Å². The predicted octanol–water partition coefficient (Wildman–Crippen LogP) is 4.34. The molecule has 0 unspecified atom stereocenters. The van der Waals surface area contributed by atoms with Gasteiger partial charge in [-0.25, -0.2) is 17.5 Å². The summed E-state index contributed by atoms with van der Waals surface area (Å²) in [5.74, 6) is -0.734. The van der Waals surface area contributed by atoms with Gasteiger partial charge in [-0.05, 0) is 73.9 Å². The number of halogens is 2. The number of amides is 1. The molecule has 0 bridgehead atoms. The number of rotatable bonds is 8. The average Bonchev–Trinajstić information content (AvgIpc) is 3.59. The number of nitrogens with one attached hydrogen (secondary N) is 1. The van der Waals surface area contributed by atoms with Crippen molar-refractivity contribution in [3.8, 4) is 5.75 Å². The highest BCUT2D eigenvalue weighted by Crippen LogP contribution is 2.45. The molecule has 1 saturated heterocycles. The molecule has 0 aromatic heterocycles. The van der Waals surface area contributed by atoms with Crippen molar-refractivity contribution in [1.29, 1.82) is 0 Å². The smallest absolute Gasteiger partial charge is 0.267 e. The first-order valence-electron chi connectivity index (χ1n) is 11.1. The molecule has 2 fully saturated rings. The Morgan fingerprint density at radius 1 is 1.18 bits per heavy atom. The Morgan fingerprint density at radius 2 is 1.88 bits per heavy atom. The number of carbonyl (C=O) groups excluding carboxylic acids is 1. The zero-order valence-electron chi connectivity index (χ0n) is 18.5. The molecule has 1 N–H and O–H groups in total. The number of benzene rings is 2. The highest BCUT2D eigenvalue weighted by Gasteiger charge is 2.30. The number of hydrogen-bond acceptors (Lipinski definition) is 5. The van der Waals surface area contributed by atoms with Crippen LogP contribution in [0.1, 0.15) is 53.1 Å². The first-order chi connectivity index (χ1) is 15.7. The van der Waals surface area contributed by atoms with Crippen molar-refractivity contribution in [1.82, 2.24) is 9.62 Å². The lowest BCUT2D eigenvalue weighted by Crippen LogP contribution is -2.35. The van der Waals surface area contributed by atoms with Crippen LogP contribution in [0.25, 0.3) is 0 Å². The van der Waals surface area contributed by atoms with E-state index in [0.717, 1.165) is 67.7 Å². The van der Waals surface area contributed by atoms with Crippen LogP contribution >= 0.6 is 11.6 Å². The molecule has 2 aromatic carbocycles. The number of hydrogen-bond donors (Lipinski definition) is 1. The summed E-state index contributed by atoms with van der Waals surface area (Å²) in [6.45, 7) is 3.18. The van der Waals surface area contributed by atoms with E-state index >= 15 is 0 Å². The van der Waals surface area contributed by atoms with Gasteiger partial charge in [0.1, 0.15) is 11.6 Å². The van der Waals surface area contributed by atoms with E-state index in [4.69, 9.17) is 16.3 Å². The molecule has 0 spiro atoms. The fraction of sp³-hybridized carbons (Fsp3) is 0.458. The second-order valence-electron chi connectivity index (χ2n) is 8.97. The Labute approximate surface area is 199 Å². The van der Waals surface area contributed by atoms with Crippen molar-refractivity contribution in [3.63, 3.8) is 0 Å². The van der Waals surface area contributed by atoms with Crippen LogP contribution in [-0.4, -0.2) is 45.2 Å². The van der Waals surface area contributed by atoms with Crippen molar-refractivity contribution in [2.24, 2.45) is 5.92 Å². The summed E-state index contributed by atoms with van der Waals surface area (Å²) in [6, 6.07) is 10.5. The molecule has 6 nitrogen and oxygen atoms in total. The van der Waals surface area contributed by atoms with E-state index in [1.165, 1.54) is 12.1 Å². The molecular formula is C24H28ClFN2O4S. The normalized spacial score (nSPS) is 17.7. The van der Waals surface area contributed by atoms with Crippen molar-refractivity contribution < 1.29 is 22.3 Å². The molecule has 178 valence electrons. The first kappa shape index (κ1) is 24.0. The van der Waals surface area contributed by atoms with Gasteiger partial charge in [-0.2, -0.15) is 0 Å². The van der Waals surface area contributed by atoms with E-state index in [-0.39, 0.29) is 11.5 Å². The Morgan fingerprint density at radius 3 is 2.52 bits per heavy atom. The van der Waals surface area contributed by atoms with Gasteiger partial charge in [-0.15, -0.1) is 0 Å². The first-order valence-corrected chi connectivity index (χ1v) is 13.4. The predicted molar refractivity (Wildman–Crippen MR) is 126 cm³/mol. The lowest BCUT2D eigenvalue weighted by atomic mass is 9.97. The molecule has 0 atom stereocenters. The molecule has 9 heteroatoms. The number of likely N-dealkylation sites (tertiary alicyclic amines) is 1. The fourth-order valence-corrected chi connectivity index (χ4v) is 4.84. The van der Waals surface area contributed by atoms with Crippen molar-refractivity contribution in [2.75, 3.05) is 26.0 Å². The molecule has 2 aromatic rings. The second-order valence-corrected chi connectivity index (χ2v) is 11.1. The summed E-state index contributed by atoms with van der Waals surface area (Å²) in [7, 11) is -3.78. The highest BCUT2D eigenvalue weighted by molar-refractivity contribution is 7.89. The molecule has 0 radical (unpaired) electrons. The maximum Gasteiger partial charge on any atom is 0.267 e. The summed E-state index contributed by atoms with van der Waals surface area (Å²) < 4.78 is 45.2. The number of nitrogens with zero attached hydrogens (tertiary/aromatic N) is 1. The van der Waals surface area contributed by atoms with Crippen LogP contribution in [0, 0.1) is 11.7 Å². The molecule has 1 amide bonds. The Hall–Kier alpha value is -2.16. The monoisotopic (exact) mass is 494 g/mol. The zero-order valence-corrected chi connectivity index (χ0v) is 20.1. The van der Waals surface area contributed by atoms with Gasteiger partial charge < -0.3 is 4.74 Å². The zero-order chi connectivity index (χ0) is 23.6. The van der Waals surface area contributed by atoms with Gasteiger partial charge >= 0.3 is 0 Å². The van der Waals surface area contributed by atoms with Gasteiger partial charge in [0.25, 0.3) is 5.91 Å². The Balaban J connectivity index is 1.36. The molecule has 1 heterocycles. The maximum absolute atomic E-state index is 14.6. The summed E-state index contributed by atoms with van der Waals surface area (Å²) in [4.78, 5) is 14.6. The van der Waals surface area contributed by atoms with Gasteiger partial charge in [-0.3, -0.25) is 9.69 Å². The minimum Gasteiger partial charge on any atom is -0.493 e. The van der Waals surface area contributed by atoms with Gasteiger partial charge in [0, 0.05) is 17.6 Å². The maximum atomic E-state index is 14.6. The minimum absolute atomic E-state index is 0.211. The molecular weight excluding hydrogens is 467 g/mol. The summed E-state index contributed by atoms with van der Waals surface area (Å²) in [5.41, 5.74) is 1.62. The van der Waals surface area contributed by atoms with E-state index in [0.29, 0.717) is 18.3 Å². The third kappa shape index (κ3) is 6.46. The summed E-state index contributed by atoms with van der Waals surface area (Å²) >= 11 is 6.28. The fourth-order valence-electron chi connectivity index (χ4n) is 4.19. The van der Waals surface area contributed by atoms with Gasteiger partial charge in [0.2, 0.25) is 10.0 Å². The van der Waals surface area contributed by atoms with Crippen LogP contribution in [0.15, 0.2) is 36.4 Å². The third-order valence-corrected chi connectivity index (χ3v) is 7.10. The Kier molecular flexibility index (Phi) is 7.26. The molecule has 1 aliphatic heterocycles. The standard InChI is InChI=1S/C24H28ClFN2O4S/c1-33(30,31)27-24(29)20-12-19(17-6-7-17)23(13-22(20)26)32-15-16-8-10-28(11-9-16)14-18-4-2-3-5-21(18)25/h2-5,12-13,16-17H,6-11,14-15H2,1H3,(H,27,29). The number of piperidine rings is 1. The van der Waals surface area contributed by atoms with Crippen LogP contribution in [-0.2, 0) is 16.6 Å². The van der Waals surface area contributed by atoms with Crippen LogP contribution in [0.2, 0.25) is 5.02 Å². The van der Waals surface area contributed by atoms with Crippen LogP contribution in [0.5, 0.6) is 5.75 Å². The lowest BCUT2D eigenvalue weighted by molar-refractivity contribution is 0.0977. The third-order valence-electron chi connectivity index (χ3n) is 6.17. The summed E-state index contributed by atoms with van der Waals surface area (Å²) in [5, 5.41) is 0.784. The molecule has 33 heavy (non-hydrogen) atoms. The SMILES string of the molecule is CS(=O)(=O)NC(=O)c1cc(C2CC2)c(OCC2CCN(Cc3ccccc3Cl)CC2)cc1F. The highest BCUT2D eigenvalue weighted by atomic mass is 35.5. The molecule has 1 saturated carbocycles.